The quantitative estimate of drug-likeness (QED) is 0.851. The Balaban J connectivity index is 0.00000196. The lowest BCUT2D eigenvalue weighted by Crippen LogP contribution is -2.32. The molecule has 2 aromatic rings. The maximum absolute atomic E-state index is 14.9. The number of nitrogens with one attached hydrogen (secondary N) is 1. The zero-order valence-corrected chi connectivity index (χ0v) is 15.7. The molecule has 0 bridgehead atoms. The highest BCUT2D eigenvalue weighted by Gasteiger charge is 2.32. The van der Waals surface area contributed by atoms with Gasteiger partial charge >= 0.3 is 5.69 Å². The summed E-state index contributed by atoms with van der Waals surface area (Å²) in [5.41, 5.74) is 6.80. The number of hydrogen-bond donors (Lipinski definition) is 2. The van der Waals surface area contributed by atoms with Crippen LogP contribution >= 0.6 is 12.4 Å². The molecule has 3 N–H and O–H groups in total. The second-order valence-electron chi connectivity index (χ2n) is 7.44. The molecule has 4 rings (SSSR count). The molecule has 1 saturated heterocycles. The first kappa shape index (κ1) is 18.9. The number of hydrogen-bond acceptors (Lipinski definition) is 4. The van der Waals surface area contributed by atoms with Gasteiger partial charge in [-0.25, -0.2) is 9.18 Å². The van der Waals surface area contributed by atoms with Crippen molar-refractivity contribution >= 4 is 29.0 Å². The van der Waals surface area contributed by atoms with Crippen LogP contribution in [-0.4, -0.2) is 28.7 Å². The Morgan fingerprint density at radius 3 is 2.58 bits per heavy atom. The zero-order valence-electron chi connectivity index (χ0n) is 14.9. The second kappa shape index (κ2) is 6.70. The minimum atomic E-state index is -0.527. The molecule has 2 aliphatic rings. The largest absolute Gasteiger partial charge is 0.369 e. The monoisotopic (exact) mass is 382 g/mol. The normalized spacial score (nSPS) is 21.1. The lowest BCUT2D eigenvalue weighted by molar-refractivity contribution is 0.487. The molecular weight excluding hydrogens is 359 g/mol. The van der Waals surface area contributed by atoms with Gasteiger partial charge in [-0.2, -0.15) is 0 Å². The summed E-state index contributed by atoms with van der Waals surface area (Å²) in [4.78, 5) is 28.9. The van der Waals surface area contributed by atoms with Crippen LogP contribution in [0.5, 0.6) is 0 Å². The number of halogens is 2. The van der Waals surface area contributed by atoms with Crippen LogP contribution in [0.15, 0.2) is 15.7 Å². The number of aryl methyl sites for hydroxylation is 1. The molecule has 1 saturated carbocycles. The third kappa shape index (κ3) is 2.93. The minimum Gasteiger partial charge on any atom is -0.369 e. The van der Waals surface area contributed by atoms with E-state index in [0.29, 0.717) is 29.2 Å². The number of benzene rings is 1. The molecule has 1 unspecified atom stereocenters. The third-order valence-electron chi connectivity index (χ3n) is 5.58. The van der Waals surface area contributed by atoms with Crippen LogP contribution in [-0.2, 0) is 0 Å². The number of nitrogens with zero attached hydrogens (tertiary/aromatic N) is 2. The van der Waals surface area contributed by atoms with Gasteiger partial charge in [0, 0.05) is 30.7 Å². The van der Waals surface area contributed by atoms with Crippen molar-refractivity contribution < 1.29 is 4.39 Å². The van der Waals surface area contributed by atoms with Gasteiger partial charge in [-0.15, -0.1) is 12.4 Å². The number of rotatable bonds is 3. The van der Waals surface area contributed by atoms with Gasteiger partial charge in [0.2, 0.25) is 0 Å². The van der Waals surface area contributed by atoms with Gasteiger partial charge in [0.1, 0.15) is 5.82 Å². The van der Waals surface area contributed by atoms with E-state index in [4.69, 9.17) is 5.73 Å². The molecule has 0 amide bonds. The van der Waals surface area contributed by atoms with E-state index in [1.807, 2.05) is 11.8 Å². The average molecular weight is 383 g/mol. The molecule has 1 aromatic carbocycles. The van der Waals surface area contributed by atoms with E-state index >= 15 is 0 Å². The molecule has 142 valence electrons. The first-order valence-electron chi connectivity index (χ1n) is 8.86. The topological polar surface area (TPSA) is 84.1 Å². The fourth-order valence-corrected chi connectivity index (χ4v) is 4.06. The number of H-pyrrole nitrogens is 1. The lowest BCUT2D eigenvalue weighted by atomic mass is 10.0. The number of fused-ring (bicyclic) bond motifs is 1. The van der Waals surface area contributed by atoms with Crippen LogP contribution < -0.4 is 21.9 Å². The second-order valence-corrected chi connectivity index (χ2v) is 7.44. The molecule has 2 atom stereocenters. The van der Waals surface area contributed by atoms with Gasteiger partial charge in [0.15, 0.2) is 0 Å². The third-order valence-corrected chi connectivity index (χ3v) is 5.58. The summed E-state index contributed by atoms with van der Waals surface area (Å²) in [7, 11) is 0. The van der Waals surface area contributed by atoms with Crippen molar-refractivity contribution in [1.82, 2.24) is 9.55 Å². The number of aromatic nitrogens is 2. The van der Waals surface area contributed by atoms with Crippen LogP contribution in [0.2, 0.25) is 0 Å². The van der Waals surface area contributed by atoms with Crippen LogP contribution in [0, 0.1) is 18.7 Å². The predicted molar refractivity (Wildman–Crippen MR) is 103 cm³/mol. The van der Waals surface area contributed by atoms with Gasteiger partial charge in [-0.1, -0.05) is 0 Å². The van der Waals surface area contributed by atoms with E-state index in [0.717, 1.165) is 25.8 Å². The Kier molecular flexibility index (Phi) is 4.88. The smallest absolute Gasteiger partial charge is 0.329 e. The average Bonchev–Trinajstić information content (AvgIpc) is 3.25. The molecule has 2 heterocycles. The molecular formula is C18H24ClFN4O2. The molecule has 0 radical (unpaired) electrons. The van der Waals surface area contributed by atoms with Crippen LogP contribution in [0.1, 0.15) is 37.8 Å². The summed E-state index contributed by atoms with van der Waals surface area (Å²) in [6.45, 7) is 5.20. The maximum Gasteiger partial charge on any atom is 0.329 e. The highest BCUT2D eigenvalue weighted by molar-refractivity contribution is 5.87. The molecule has 2 fully saturated rings. The highest BCUT2D eigenvalue weighted by Crippen LogP contribution is 2.39. The maximum atomic E-state index is 14.9. The van der Waals surface area contributed by atoms with E-state index in [9.17, 15) is 14.0 Å². The molecule has 1 aliphatic heterocycles. The molecule has 0 spiro atoms. The van der Waals surface area contributed by atoms with Crippen molar-refractivity contribution in [2.75, 3.05) is 18.0 Å². The first-order valence-corrected chi connectivity index (χ1v) is 8.86. The Hall–Kier alpha value is -1.86. The Labute approximate surface area is 156 Å². The summed E-state index contributed by atoms with van der Waals surface area (Å²) in [5, 5.41) is 0.244. The van der Waals surface area contributed by atoms with Crippen molar-refractivity contribution in [3.05, 3.63) is 38.3 Å². The number of anilines is 1. The van der Waals surface area contributed by atoms with Crippen molar-refractivity contribution in [1.29, 1.82) is 0 Å². The molecule has 8 heteroatoms. The van der Waals surface area contributed by atoms with E-state index in [2.05, 4.69) is 4.98 Å². The first-order chi connectivity index (χ1) is 11.9. The summed E-state index contributed by atoms with van der Waals surface area (Å²) < 4.78 is 16.5. The van der Waals surface area contributed by atoms with E-state index in [1.54, 1.807) is 11.5 Å². The Morgan fingerprint density at radius 1 is 1.31 bits per heavy atom. The van der Waals surface area contributed by atoms with Gasteiger partial charge < -0.3 is 10.6 Å². The van der Waals surface area contributed by atoms with Crippen LogP contribution in [0.25, 0.3) is 10.9 Å². The zero-order chi connectivity index (χ0) is 17.9. The standard InChI is InChI=1S/C18H23FN4O2.ClH/c1-9-15-13(17(24)21-18(25)23(15)12-3-4-12)7-14(19)16(9)22-6-5-11(8-22)10(2)20;/h7,10-12H,3-6,8,20H2,1-2H3,(H,21,24,25);1H/t10-,11?;/m0./s1. The van der Waals surface area contributed by atoms with E-state index < -0.39 is 17.1 Å². The van der Waals surface area contributed by atoms with Gasteiger partial charge in [-0.05, 0) is 45.1 Å². The van der Waals surface area contributed by atoms with Crippen molar-refractivity contribution in [3.63, 3.8) is 0 Å². The minimum absolute atomic E-state index is 0. The lowest BCUT2D eigenvalue weighted by Gasteiger charge is -2.24. The van der Waals surface area contributed by atoms with Crippen LogP contribution in [0.3, 0.4) is 0 Å². The van der Waals surface area contributed by atoms with Crippen molar-refractivity contribution in [2.24, 2.45) is 11.7 Å². The Bertz CT molecular complexity index is 964. The summed E-state index contributed by atoms with van der Waals surface area (Å²) in [6, 6.07) is 1.43. The molecule has 26 heavy (non-hydrogen) atoms. The highest BCUT2D eigenvalue weighted by atomic mass is 35.5. The van der Waals surface area contributed by atoms with Gasteiger partial charge in [0.05, 0.1) is 16.6 Å². The van der Waals surface area contributed by atoms with E-state index in [-0.39, 0.29) is 29.9 Å². The summed E-state index contributed by atoms with van der Waals surface area (Å²) in [5.74, 6) is -0.0962. The number of aromatic amines is 1. The molecule has 6 nitrogen and oxygen atoms in total. The van der Waals surface area contributed by atoms with Crippen LogP contribution in [0.4, 0.5) is 10.1 Å². The van der Waals surface area contributed by atoms with Gasteiger partial charge in [0.25, 0.3) is 5.56 Å². The van der Waals surface area contributed by atoms with E-state index in [1.165, 1.54) is 6.07 Å². The fraction of sp³-hybridized carbons (Fsp3) is 0.556. The summed E-state index contributed by atoms with van der Waals surface area (Å²) >= 11 is 0. The number of nitrogens with two attached hydrogens (primary N) is 1. The SMILES string of the molecule is Cc1c(N2CCC([C@H](C)N)C2)c(F)cc2c(=O)[nH]c(=O)n(C3CC3)c12.Cl. The Morgan fingerprint density at radius 2 is 2.00 bits per heavy atom. The fourth-order valence-electron chi connectivity index (χ4n) is 4.06. The van der Waals surface area contributed by atoms with Crippen molar-refractivity contribution in [3.8, 4) is 0 Å². The summed E-state index contributed by atoms with van der Waals surface area (Å²) in [6.07, 6.45) is 2.73. The molecule has 1 aliphatic carbocycles. The molecule has 1 aromatic heterocycles. The van der Waals surface area contributed by atoms with Gasteiger partial charge in [-0.3, -0.25) is 14.3 Å². The predicted octanol–water partition coefficient (Wildman–Crippen LogP) is 2.07. The van der Waals surface area contributed by atoms with Crippen molar-refractivity contribution in [2.45, 2.75) is 45.2 Å².